The third-order valence-corrected chi connectivity index (χ3v) is 7.10. The summed E-state index contributed by atoms with van der Waals surface area (Å²) in [5, 5.41) is 18.9. The minimum absolute atomic E-state index is 0.0908. The lowest BCUT2D eigenvalue weighted by Gasteiger charge is -2.17. The number of aliphatic carboxylic acids is 1. The fourth-order valence-electron chi connectivity index (χ4n) is 3.46. The highest BCUT2D eigenvalue weighted by Crippen LogP contribution is 2.36. The van der Waals surface area contributed by atoms with Crippen LogP contribution in [0.3, 0.4) is 0 Å². The van der Waals surface area contributed by atoms with Crippen molar-refractivity contribution in [1.82, 2.24) is 0 Å². The molecule has 1 aliphatic carbocycles. The predicted molar refractivity (Wildman–Crippen MR) is 112 cm³/mol. The van der Waals surface area contributed by atoms with Gasteiger partial charge in [-0.25, -0.2) is 0 Å². The maximum atomic E-state index is 12.2. The normalized spacial score (nSPS) is 22.9. The van der Waals surface area contributed by atoms with Crippen LogP contribution in [0.5, 0.6) is 0 Å². The number of ketones is 1. The summed E-state index contributed by atoms with van der Waals surface area (Å²) in [6.45, 7) is 2.03. The van der Waals surface area contributed by atoms with Gasteiger partial charge in [0.15, 0.2) is 5.78 Å². The average Bonchev–Trinajstić information content (AvgIpc) is 3.10. The van der Waals surface area contributed by atoms with E-state index in [1.54, 1.807) is 17.4 Å². The van der Waals surface area contributed by atoms with Crippen molar-refractivity contribution < 1.29 is 19.8 Å². The minimum Gasteiger partial charge on any atom is -0.481 e. The summed E-state index contributed by atoms with van der Waals surface area (Å²) < 4.78 is 1.05. The Bertz CT molecular complexity index is 688. The highest BCUT2D eigenvalue weighted by molar-refractivity contribution is 9.10. The monoisotopic (exact) mass is 454 g/mol. The second-order valence-electron chi connectivity index (χ2n) is 7.08. The molecule has 4 nitrogen and oxygen atoms in total. The summed E-state index contributed by atoms with van der Waals surface area (Å²) in [5.74, 6) is -0.338. The number of carboxylic acid groups (broad SMARTS) is 1. The first-order valence-electron chi connectivity index (χ1n) is 9.37. The molecule has 0 aromatic carbocycles. The fourth-order valence-corrected chi connectivity index (χ4v) is 5.07. The molecule has 0 saturated heterocycles. The van der Waals surface area contributed by atoms with Crippen molar-refractivity contribution in [2.45, 2.75) is 58.0 Å². The lowest BCUT2D eigenvalue weighted by Crippen LogP contribution is -2.17. The maximum Gasteiger partial charge on any atom is 0.303 e. The molecule has 1 saturated carbocycles. The van der Waals surface area contributed by atoms with Crippen LogP contribution in [0.15, 0.2) is 34.8 Å². The number of thiophene rings is 1. The molecule has 148 valence electrons. The first kappa shape index (κ1) is 22.1. The van der Waals surface area contributed by atoms with Crippen molar-refractivity contribution >= 4 is 39.0 Å². The Morgan fingerprint density at radius 2 is 2.11 bits per heavy atom. The fraction of sp³-hybridized carbons (Fsp3) is 0.524. The molecule has 1 aromatic rings. The number of hydrogen-bond acceptors (Lipinski definition) is 4. The van der Waals surface area contributed by atoms with Gasteiger partial charge in [-0.1, -0.05) is 18.2 Å². The van der Waals surface area contributed by atoms with Gasteiger partial charge in [0.1, 0.15) is 0 Å². The van der Waals surface area contributed by atoms with Crippen LogP contribution in [0.4, 0.5) is 0 Å². The van der Waals surface area contributed by atoms with E-state index in [0.717, 1.165) is 35.0 Å². The molecule has 1 aromatic heterocycles. The molecule has 27 heavy (non-hydrogen) atoms. The highest BCUT2D eigenvalue weighted by atomic mass is 79.9. The molecule has 1 unspecified atom stereocenters. The number of halogens is 1. The van der Waals surface area contributed by atoms with Crippen molar-refractivity contribution in [2.24, 2.45) is 11.8 Å². The van der Waals surface area contributed by atoms with Gasteiger partial charge in [-0.3, -0.25) is 9.59 Å². The molecule has 2 N–H and O–H groups in total. The SMILES string of the molecule is Cc1sc(CC(=O)/C=C/[C@H]2CCC(O)[C@@H]2C/C=C\CCCC(=O)O)cc1Br. The zero-order chi connectivity index (χ0) is 19.8. The standard InChI is InChI=1S/C21H27BrO4S/c1-14-19(22)13-17(27-14)12-16(23)10-8-15-9-11-20(24)18(15)6-4-2-3-5-7-21(25)26/h2,4,8,10,13,15,18,20,24H,3,5-7,9,11-12H2,1H3,(H,25,26)/b4-2-,10-8+/t15-,18+,20?/m0/s1. The van der Waals surface area contributed by atoms with Gasteiger partial charge >= 0.3 is 5.97 Å². The Morgan fingerprint density at radius 3 is 2.78 bits per heavy atom. The molecule has 0 amide bonds. The van der Waals surface area contributed by atoms with Crippen LogP contribution in [-0.4, -0.2) is 28.1 Å². The van der Waals surface area contributed by atoms with Gasteiger partial charge in [0.2, 0.25) is 0 Å². The minimum atomic E-state index is -0.769. The van der Waals surface area contributed by atoms with Crippen LogP contribution >= 0.6 is 27.3 Å². The number of aliphatic hydroxyl groups excluding tert-OH is 1. The number of carbonyl (C=O) groups excluding carboxylic acids is 1. The Balaban J connectivity index is 1.82. The van der Waals surface area contributed by atoms with Crippen LogP contribution in [0.25, 0.3) is 0 Å². The lowest BCUT2D eigenvalue weighted by molar-refractivity contribution is -0.137. The number of aliphatic hydroxyl groups is 1. The molecule has 1 aliphatic rings. The molecule has 2 rings (SSSR count). The van der Waals surface area contributed by atoms with Gasteiger partial charge < -0.3 is 10.2 Å². The van der Waals surface area contributed by atoms with Crippen LogP contribution < -0.4 is 0 Å². The Kier molecular flexibility index (Phi) is 8.93. The van der Waals surface area contributed by atoms with Gasteiger partial charge in [0.05, 0.1) is 6.10 Å². The van der Waals surface area contributed by atoms with Crippen LogP contribution in [-0.2, 0) is 16.0 Å². The summed E-state index contributed by atoms with van der Waals surface area (Å²) in [7, 11) is 0. The van der Waals surface area contributed by atoms with E-state index in [1.165, 1.54) is 4.88 Å². The van der Waals surface area contributed by atoms with Gasteiger partial charge in [0.25, 0.3) is 0 Å². The second kappa shape index (κ2) is 10.9. The number of carbonyl (C=O) groups is 2. The summed E-state index contributed by atoms with van der Waals surface area (Å²) in [6, 6.07) is 2.00. The third kappa shape index (κ3) is 7.35. The predicted octanol–water partition coefficient (Wildman–Crippen LogP) is 5.08. The highest BCUT2D eigenvalue weighted by Gasteiger charge is 2.32. The van der Waals surface area contributed by atoms with Crippen molar-refractivity contribution in [3.8, 4) is 0 Å². The van der Waals surface area contributed by atoms with Crippen molar-refractivity contribution in [1.29, 1.82) is 0 Å². The molecule has 1 heterocycles. The number of carboxylic acids is 1. The first-order valence-corrected chi connectivity index (χ1v) is 11.0. The van der Waals surface area contributed by atoms with Gasteiger partial charge in [-0.05, 0) is 78.9 Å². The smallest absolute Gasteiger partial charge is 0.303 e. The van der Waals surface area contributed by atoms with Crippen LogP contribution in [0.2, 0.25) is 0 Å². The molecular formula is C21H27BrO4S. The second-order valence-corrected chi connectivity index (χ2v) is 9.28. The molecule has 3 atom stereocenters. The summed E-state index contributed by atoms with van der Waals surface area (Å²) in [5.41, 5.74) is 0. The summed E-state index contributed by atoms with van der Waals surface area (Å²) in [4.78, 5) is 25.0. The largest absolute Gasteiger partial charge is 0.481 e. The number of hydrogen-bond donors (Lipinski definition) is 2. The molecule has 1 fully saturated rings. The summed E-state index contributed by atoms with van der Waals surface area (Å²) in [6.07, 6.45) is 11.7. The zero-order valence-electron chi connectivity index (χ0n) is 15.6. The number of unbranched alkanes of at least 4 members (excludes halogenated alkanes) is 1. The quantitative estimate of drug-likeness (QED) is 0.293. The number of allylic oxidation sites excluding steroid dienone is 4. The van der Waals surface area contributed by atoms with E-state index in [4.69, 9.17) is 5.11 Å². The van der Waals surface area contributed by atoms with Crippen molar-refractivity contribution in [2.75, 3.05) is 0 Å². The molecule has 0 spiro atoms. The summed E-state index contributed by atoms with van der Waals surface area (Å²) >= 11 is 5.11. The number of rotatable bonds is 10. The molecule has 6 heteroatoms. The van der Waals surface area contributed by atoms with Crippen LogP contribution in [0, 0.1) is 18.8 Å². The van der Waals surface area contributed by atoms with E-state index in [2.05, 4.69) is 15.9 Å². The zero-order valence-corrected chi connectivity index (χ0v) is 18.0. The van der Waals surface area contributed by atoms with E-state index >= 15 is 0 Å². The van der Waals surface area contributed by atoms with Crippen LogP contribution in [0.1, 0.15) is 48.3 Å². The average molecular weight is 455 g/mol. The number of aryl methyl sites for hydroxylation is 1. The van der Waals surface area contributed by atoms with Gasteiger partial charge in [-0.2, -0.15) is 0 Å². The lowest BCUT2D eigenvalue weighted by atomic mass is 9.90. The van der Waals surface area contributed by atoms with E-state index in [9.17, 15) is 14.7 Å². The van der Waals surface area contributed by atoms with Gasteiger partial charge in [-0.15, -0.1) is 11.3 Å². The van der Waals surface area contributed by atoms with Crippen molar-refractivity contribution in [3.63, 3.8) is 0 Å². The van der Waals surface area contributed by atoms with E-state index < -0.39 is 5.97 Å². The van der Waals surface area contributed by atoms with Crippen molar-refractivity contribution in [3.05, 3.63) is 44.6 Å². The maximum absolute atomic E-state index is 12.2. The van der Waals surface area contributed by atoms with E-state index in [0.29, 0.717) is 12.8 Å². The van der Waals surface area contributed by atoms with E-state index in [1.807, 2.05) is 31.2 Å². The topological polar surface area (TPSA) is 74.6 Å². The first-order chi connectivity index (χ1) is 12.9. The Hall–Kier alpha value is -1.24. The van der Waals surface area contributed by atoms with E-state index in [-0.39, 0.29) is 30.1 Å². The molecule has 0 aliphatic heterocycles. The molecular weight excluding hydrogens is 428 g/mol. The van der Waals surface area contributed by atoms with Gasteiger partial charge in [0, 0.05) is 27.1 Å². The third-order valence-electron chi connectivity index (χ3n) is 4.96. The molecule has 0 bridgehead atoms. The molecule has 0 radical (unpaired) electrons. The Labute approximate surface area is 173 Å². The Morgan fingerprint density at radius 1 is 1.33 bits per heavy atom.